The second-order valence-corrected chi connectivity index (χ2v) is 5.18. The molecule has 1 aromatic rings. The van der Waals surface area contributed by atoms with Crippen molar-refractivity contribution >= 4 is 0 Å². The maximum atomic E-state index is 12.2. The molecule has 1 aromatic carbocycles. The number of hydrogen-bond donors (Lipinski definition) is 1. The third-order valence-electron chi connectivity index (χ3n) is 3.88. The van der Waals surface area contributed by atoms with Crippen molar-refractivity contribution in [2.45, 2.75) is 44.8 Å². The Labute approximate surface area is 113 Å². The van der Waals surface area contributed by atoms with Gasteiger partial charge in [0.2, 0.25) is 0 Å². The topological polar surface area (TPSA) is 21.3 Å². The minimum Gasteiger partial charge on any atom is -0.435 e. The van der Waals surface area contributed by atoms with Crippen molar-refractivity contribution in [3.63, 3.8) is 0 Å². The van der Waals surface area contributed by atoms with E-state index in [4.69, 9.17) is 0 Å². The number of ether oxygens (including phenoxy) is 1. The van der Waals surface area contributed by atoms with Gasteiger partial charge >= 0.3 is 6.61 Å². The van der Waals surface area contributed by atoms with Crippen LogP contribution in [0.5, 0.6) is 5.75 Å². The molecular formula is C15H21F2NO. The Bertz CT molecular complexity index is 391. The van der Waals surface area contributed by atoms with Crippen LogP contribution in [0.15, 0.2) is 24.3 Å². The van der Waals surface area contributed by atoms with Crippen LogP contribution >= 0.6 is 0 Å². The van der Waals surface area contributed by atoms with Crippen molar-refractivity contribution in [2.24, 2.45) is 5.92 Å². The van der Waals surface area contributed by atoms with Crippen molar-refractivity contribution in [3.8, 4) is 5.75 Å². The van der Waals surface area contributed by atoms with Gasteiger partial charge in [-0.2, -0.15) is 8.78 Å². The number of benzene rings is 1. The van der Waals surface area contributed by atoms with Crippen LogP contribution in [0.1, 0.15) is 43.7 Å². The molecule has 0 aliphatic heterocycles. The zero-order valence-corrected chi connectivity index (χ0v) is 11.2. The van der Waals surface area contributed by atoms with E-state index < -0.39 is 6.61 Å². The van der Waals surface area contributed by atoms with Gasteiger partial charge < -0.3 is 10.1 Å². The van der Waals surface area contributed by atoms with Gasteiger partial charge in [0.05, 0.1) is 0 Å². The molecule has 19 heavy (non-hydrogen) atoms. The summed E-state index contributed by atoms with van der Waals surface area (Å²) in [7, 11) is 1.92. The molecular weight excluding hydrogens is 248 g/mol. The molecule has 1 saturated carbocycles. The molecule has 2 rings (SSSR count). The summed E-state index contributed by atoms with van der Waals surface area (Å²) >= 11 is 0. The zero-order valence-electron chi connectivity index (χ0n) is 11.2. The van der Waals surface area contributed by atoms with E-state index in [1.54, 1.807) is 18.2 Å². The predicted octanol–water partition coefficient (Wildman–Crippen LogP) is 4.13. The highest BCUT2D eigenvalue weighted by Gasteiger charge is 2.20. The number of rotatable bonds is 6. The van der Waals surface area contributed by atoms with Gasteiger partial charge in [-0.15, -0.1) is 0 Å². The van der Waals surface area contributed by atoms with Crippen molar-refractivity contribution in [1.82, 2.24) is 5.32 Å². The molecule has 1 N–H and O–H groups in total. The third kappa shape index (κ3) is 4.16. The van der Waals surface area contributed by atoms with Crippen LogP contribution in [0.4, 0.5) is 8.78 Å². The maximum Gasteiger partial charge on any atom is 0.387 e. The first-order chi connectivity index (χ1) is 9.19. The third-order valence-corrected chi connectivity index (χ3v) is 3.88. The van der Waals surface area contributed by atoms with Crippen LogP contribution in [-0.4, -0.2) is 13.7 Å². The molecule has 0 aromatic heterocycles. The van der Waals surface area contributed by atoms with E-state index in [1.165, 1.54) is 25.7 Å². The molecule has 1 unspecified atom stereocenters. The Kier molecular flexibility index (Phi) is 5.14. The first kappa shape index (κ1) is 14.3. The maximum absolute atomic E-state index is 12.2. The first-order valence-corrected chi connectivity index (χ1v) is 6.91. The molecule has 1 fully saturated rings. The van der Waals surface area contributed by atoms with Crippen molar-refractivity contribution < 1.29 is 13.5 Å². The SMILES string of the molecule is CNC(CC1CCCC1)c1cccc(OC(F)F)c1. The molecule has 0 saturated heterocycles. The Balaban J connectivity index is 2.04. The van der Waals surface area contributed by atoms with Gasteiger partial charge in [0, 0.05) is 6.04 Å². The fourth-order valence-corrected chi connectivity index (χ4v) is 2.91. The molecule has 1 aliphatic carbocycles. The van der Waals surface area contributed by atoms with Crippen LogP contribution in [-0.2, 0) is 0 Å². The van der Waals surface area contributed by atoms with Gasteiger partial charge in [0.25, 0.3) is 0 Å². The van der Waals surface area contributed by atoms with E-state index >= 15 is 0 Å². The normalized spacial score (nSPS) is 17.9. The Morgan fingerprint density at radius 1 is 1.32 bits per heavy atom. The number of nitrogens with one attached hydrogen (secondary N) is 1. The summed E-state index contributed by atoms with van der Waals surface area (Å²) < 4.78 is 28.9. The molecule has 0 amide bonds. The lowest BCUT2D eigenvalue weighted by Gasteiger charge is -2.21. The molecule has 0 heterocycles. The molecule has 4 heteroatoms. The summed E-state index contributed by atoms with van der Waals surface area (Å²) in [6.07, 6.45) is 6.26. The summed E-state index contributed by atoms with van der Waals surface area (Å²) in [6, 6.07) is 7.23. The lowest BCUT2D eigenvalue weighted by molar-refractivity contribution is -0.0499. The van der Waals surface area contributed by atoms with Crippen molar-refractivity contribution in [1.29, 1.82) is 0 Å². The Hall–Kier alpha value is -1.16. The minimum absolute atomic E-state index is 0.212. The minimum atomic E-state index is -2.77. The first-order valence-electron chi connectivity index (χ1n) is 6.91. The van der Waals surface area contributed by atoms with Gasteiger partial charge in [-0.05, 0) is 37.1 Å². The van der Waals surface area contributed by atoms with E-state index in [-0.39, 0.29) is 11.8 Å². The summed E-state index contributed by atoms with van der Waals surface area (Å²) in [6.45, 7) is -2.77. The molecule has 106 valence electrons. The molecule has 1 atom stereocenters. The lowest BCUT2D eigenvalue weighted by Crippen LogP contribution is -2.19. The fraction of sp³-hybridized carbons (Fsp3) is 0.600. The molecule has 2 nitrogen and oxygen atoms in total. The largest absolute Gasteiger partial charge is 0.435 e. The van der Waals surface area contributed by atoms with Crippen LogP contribution < -0.4 is 10.1 Å². The fourth-order valence-electron chi connectivity index (χ4n) is 2.91. The smallest absolute Gasteiger partial charge is 0.387 e. The van der Waals surface area contributed by atoms with Gasteiger partial charge in [-0.1, -0.05) is 37.8 Å². The van der Waals surface area contributed by atoms with E-state index in [1.807, 2.05) is 13.1 Å². The van der Waals surface area contributed by atoms with E-state index in [9.17, 15) is 8.78 Å². The number of alkyl halides is 2. The molecule has 0 spiro atoms. The van der Waals surface area contributed by atoms with Crippen molar-refractivity contribution in [2.75, 3.05) is 7.05 Å². The predicted molar refractivity (Wildman–Crippen MR) is 71.4 cm³/mol. The standard InChI is InChI=1S/C15H21F2NO/c1-18-14(9-11-5-2-3-6-11)12-7-4-8-13(10-12)19-15(16)17/h4,7-8,10-11,14-15,18H,2-3,5-6,9H2,1H3. The van der Waals surface area contributed by atoms with Gasteiger partial charge in [0.15, 0.2) is 0 Å². The van der Waals surface area contributed by atoms with Gasteiger partial charge in [-0.25, -0.2) is 0 Å². The van der Waals surface area contributed by atoms with Crippen LogP contribution in [0, 0.1) is 5.92 Å². The number of halogens is 2. The molecule has 0 radical (unpaired) electrons. The summed E-state index contributed by atoms with van der Waals surface area (Å²) in [5.41, 5.74) is 1.02. The van der Waals surface area contributed by atoms with E-state index in [0.29, 0.717) is 0 Å². The average Bonchev–Trinajstić information content (AvgIpc) is 2.88. The average molecular weight is 269 g/mol. The summed E-state index contributed by atoms with van der Waals surface area (Å²) in [5.74, 6) is 0.983. The molecule has 0 bridgehead atoms. The lowest BCUT2D eigenvalue weighted by atomic mass is 9.93. The van der Waals surface area contributed by atoms with Gasteiger partial charge in [-0.3, -0.25) is 0 Å². The summed E-state index contributed by atoms with van der Waals surface area (Å²) in [4.78, 5) is 0. The Morgan fingerprint density at radius 3 is 2.68 bits per heavy atom. The highest BCUT2D eigenvalue weighted by Crippen LogP contribution is 2.33. The zero-order chi connectivity index (χ0) is 13.7. The van der Waals surface area contributed by atoms with Crippen LogP contribution in [0.2, 0.25) is 0 Å². The highest BCUT2D eigenvalue weighted by atomic mass is 19.3. The molecule has 1 aliphatic rings. The van der Waals surface area contributed by atoms with E-state index in [0.717, 1.165) is 17.9 Å². The summed E-state index contributed by atoms with van der Waals surface area (Å²) in [5, 5.41) is 3.28. The van der Waals surface area contributed by atoms with Gasteiger partial charge in [0.1, 0.15) is 5.75 Å². The quantitative estimate of drug-likeness (QED) is 0.838. The van der Waals surface area contributed by atoms with E-state index in [2.05, 4.69) is 10.1 Å². The second-order valence-electron chi connectivity index (χ2n) is 5.18. The number of hydrogen-bond acceptors (Lipinski definition) is 2. The monoisotopic (exact) mass is 269 g/mol. The highest BCUT2D eigenvalue weighted by molar-refractivity contribution is 5.30. The Morgan fingerprint density at radius 2 is 2.05 bits per heavy atom. The van der Waals surface area contributed by atoms with Crippen LogP contribution in [0.3, 0.4) is 0 Å². The second kappa shape index (κ2) is 6.85. The van der Waals surface area contributed by atoms with Crippen molar-refractivity contribution in [3.05, 3.63) is 29.8 Å². The van der Waals surface area contributed by atoms with Crippen LogP contribution in [0.25, 0.3) is 0 Å².